The van der Waals surface area contributed by atoms with Crippen LogP contribution < -0.4 is 14.2 Å². The Balaban J connectivity index is 1.79. The Morgan fingerprint density at radius 3 is 2.72 bits per heavy atom. The van der Waals surface area contributed by atoms with Crippen LogP contribution in [0.3, 0.4) is 0 Å². The number of hydrogen-bond acceptors (Lipinski definition) is 6. The van der Waals surface area contributed by atoms with E-state index >= 15 is 0 Å². The Morgan fingerprint density at radius 2 is 2.04 bits per heavy atom. The minimum absolute atomic E-state index is 0.259. The highest BCUT2D eigenvalue weighted by Gasteiger charge is 2.16. The Hall–Kier alpha value is -2.52. The van der Waals surface area contributed by atoms with E-state index in [-0.39, 0.29) is 4.21 Å². The minimum Gasteiger partial charge on any atom is -0.493 e. The fraction of sp³-hybridized carbons (Fsp3) is 0.188. The number of nitrogens with one attached hydrogen (secondary N) is 1. The second-order valence-corrected chi connectivity index (χ2v) is 7.97. The van der Waals surface area contributed by atoms with Crippen LogP contribution in [0.2, 0.25) is 0 Å². The third-order valence-electron chi connectivity index (χ3n) is 3.46. The van der Waals surface area contributed by atoms with Gasteiger partial charge in [-0.05, 0) is 17.5 Å². The van der Waals surface area contributed by atoms with Crippen molar-refractivity contribution in [2.75, 3.05) is 18.9 Å². The van der Waals surface area contributed by atoms with Gasteiger partial charge < -0.3 is 9.47 Å². The Bertz CT molecular complexity index is 950. The zero-order valence-corrected chi connectivity index (χ0v) is 15.3. The molecule has 0 aliphatic carbocycles. The molecule has 0 fully saturated rings. The first kappa shape index (κ1) is 17.3. The number of anilines is 1. The Labute approximate surface area is 149 Å². The van der Waals surface area contributed by atoms with Crippen molar-refractivity contribution >= 4 is 27.0 Å². The van der Waals surface area contributed by atoms with Gasteiger partial charge in [0.15, 0.2) is 11.5 Å². The van der Waals surface area contributed by atoms with Crippen molar-refractivity contribution in [2.45, 2.75) is 10.8 Å². The van der Waals surface area contributed by atoms with Crippen molar-refractivity contribution in [3.63, 3.8) is 0 Å². The molecule has 0 amide bonds. The van der Waals surface area contributed by atoms with Gasteiger partial charge in [0.2, 0.25) is 0 Å². The van der Waals surface area contributed by atoms with Gasteiger partial charge >= 0.3 is 0 Å². The molecule has 0 bridgehead atoms. The maximum absolute atomic E-state index is 12.2. The summed E-state index contributed by atoms with van der Waals surface area (Å²) in [4.78, 5) is 0. The zero-order valence-electron chi connectivity index (χ0n) is 13.7. The number of ether oxygens (including phenoxy) is 2. The largest absolute Gasteiger partial charge is 0.493 e. The van der Waals surface area contributed by atoms with Crippen molar-refractivity contribution in [3.05, 3.63) is 53.7 Å². The quantitative estimate of drug-likeness (QED) is 0.683. The maximum Gasteiger partial charge on any atom is 0.271 e. The number of benzene rings is 1. The molecule has 25 heavy (non-hydrogen) atoms. The number of para-hydroxylation sites is 1. The molecule has 132 valence electrons. The first-order valence-corrected chi connectivity index (χ1v) is 9.68. The molecule has 0 saturated carbocycles. The molecule has 3 aromatic rings. The monoisotopic (exact) mass is 379 g/mol. The van der Waals surface area contributed by atoms with Crippen LogP contribution in [0, 0.1) is 0 Å². The van der Waals surface area contributed by atoms with Crippen LogP contribution in [0.1, 0.15) is 5.56 Å². The van der Waals surface area contributed by atoms with Crippen LogP contribution in [0.5, 0.6) is 11.5 Å². The average molecular weight is 379 g/mol. The second-order valence-electron chi connectivity index (χ2n) is 5.12. The number of hydrogen-bond donors (Lipinski definition) is 1. The predicted molar refractivity (Wildman–Crippen MR) is 96.0 cm³/mol. The van der Waals surface area contributed by atoms with Crippen LogP contribution in [-0.4, -0.2) is 32.4 Å². The van der Waals surface area contributed by atoms with Gasteiger partial charge in [-0.3, -0.25) is 9.40 Å². The van der Waals surface area contributed by atoms with Gasteiger partial charge in [0.05, 0.1) is 32.6 Å². The number of methoxy groups -OCH3 is 2. The van der Waals surface area contributed by atoms with Crippen molar-refractivity contribution in [1.29, 1.82) is 0 Å². The summed E-state index contributed by atoms with van der Waals surface area (Å²) in [6.45, 7) is 0.418. The molecule has 0 aliphatic rings. The highest BCUT2D eigenvalue weighted by atomic mass is 32.2. The van der Waals surface area contributed by atoms with Crippen LogP contribution in [0.25, 0.3) is 0 Å². The summed E-state index contributed by atoms with van der Waals surface area (Å²) in [5, 5.41) is 5.92. The summed E-state index contributed by atoms with van der Waals surface area (Å²) < 4.78 is 39.6. The lowest BCUT2D eigenvalue weighted by molar-refractivity contribution is 0.350. The normalized spacial score (nSPS) is 11.3. The number of rotatable bonds is 7. The molecular formula is C16H17N3O4S2. The molecule has 0 saturated heterocycles. The molecule has 2 aromatic heterocycles. The van der Waals surface area contributed by atoms with E-state index in [1.165, 1.54) is 6.20 Å². The zero-order chi connectivity index (χ0) is 17.9. The van der Waals surface area contributed by atoms with Crippen molar-refractivity contribution in [1.82, 2.24) is 9.78 Å². The molecule has 0 atom stereocenters. The molecule has 1 aromatic carbocycles. The lowest BCUT2D eigenvalue weighted by Crippen LogP contribution is -2.10. The van der Waals surface area contributed by atoms with Crippen LogP contribution in [0.15, 0.2) is 52.3 Å². The molecule has 0 radical (unpaired) electrons. The van der Waals surface area contributed by atoms with E-state index < -0.39 is 10.0 Å². The smallest absolute Gasteiger partial charge is 0.271 e. The minimum atomic E-state index is -3.58. The van der Waals surface area contributed by atoms with E-state index in [9.17, 15) is 8.42 Å². The molecule has 9 heteroatoms. The predicted octanol–water partition coefficient (Wildman–Crippen LogP) is 2.81. The third-order valence-corrected chi connectivity index (χ3v) is 6.24. The first-order valence-electron chi connectivity index (χ1n) is 7.32. The van der Waals surface area contributed by atoms with Crippen molar-refractivity contribution in [3.8, 4) is 11.5 Å². The highest BCUT2D eigenvalue weighted by molar-refractivity contribution is 7.94. The van der Waals surface area contributed by atoms with E-state index in [0.717, 1.165) is 16.9 Å². The summed E-state index contributed by atoms with van der Waals surface area (Å²) in [5.41, 5.74) is 1.27. The summed E-state index contributed by atoms with van der Waals surface area (Å²) in [7, 11) is -0.432. The summed E-state index contributed by atoms with van der Waals surface area (Å²) in [5.74, 6) is 1.26. The standard InChI is InChI=1S/C16H17N3O4S2/c1-22-14-6-3-5-12(16(14)23-2)10-19-11-13(9-17-19)18-25(20,21)15-7-4-8-24-15/h3-9,11,18H,10H2,1-2H3. The van der Waals surface area contributed by atoms with E-state index in [4.69, 9.17) is 9.47 Å². The molecule has 0 unspecified atom stereocenters. The van der Waals surface area contributed by atoms with E-state index in [1.807, 2.05) is 18.2 Å². The number of aromatic nitrogens is 2. The Morgan fingerprint density at radius 1 is 1.20 bits per heavy atom. The van der Waals surface area contributed by atoms with E-state index in [0.29, 0.717) is 23.7 Å². The van der Waals surface area contributed by atoms with Gasteiger partial charge in [-0.1, -0.05) is 18.2 Å². The molecular weight excluding hydrogens is 362 g/mol. The van der Waals surface area contributed by atoms with Crippen LogP contribution in [0.4, 0.5) is 5.69 Å². The Kier molecular flexibility index (Phi) is 4.95. The lowest BCUT2D eigenvalue weighted by Gasteiger charge is -2.12. The van der Waals surface area contributed by atoms with Gasteiger partial charge in [-0.15, -0.1) is 11.3 Å². The molecule has 3 rings (SSSR count). The molecule has 1 N–H and O–H groups in total. The second kappa shape index (κ2) is 7.16. The fourth-order valence-electron chi connectivity index (χ4n) is 2.38. The van der Waals surface area contributed by atoms with Gasteiger partial charge in [0, 0.05) is 11.8 Å². The number of thiophene rings is 1. The van der Waals surface area contributed by atoms with Crippen molar-refractivity contribution in [2.24, 2.45) is 0 Å². The lowest BCUT2D eigenvalue weighted by atomic mass is 10.2. The molecule has 0 aliphatic heterocycles. The molecule has 7 nitrogen and oxygen atoms in total. The van der Waals surface area contributed by atoms with Gasteiger partial charge in [0.1, 0.15) is 4.21 Å². The summed E-state index contributed by atoms with van der Waals surface area (Å²) in [6, 6.07) is 8.82. The SMILES string of the molecule is COc1cccc(Cn2cc(NS(=O)(=O)c3cccs3)cn2)c1OC. The summed E-state index contributed by atoms with van der Waals surface area (Å²) >= 11 is 1.16. The average Bonchev–Trinajstić information content (AvgIpc) is 3.26. The van der Waals surface area contributed by atoms with Gasteiger partial charge in [0.25, 0.3) is 10.0 Å². The first-order chi connectivity index (χ1) is 12.0. The van der Waals surface area contributed by atoms with Crippen molar-refractivity contribution < 1.29 is 17.9 Å². The third kappa shape index (κ3) is 3.77. The summed E-state index contributed by atoms with van der Waals surface area (Å²) in [6.07, 6.45) is 3.10. The maximum atomic E-state index is 12.2. The van der Waals surface area contributed by atoms with E-state index in [2.05, 4.69) is 9.82 Å². The highest BCUT2D eigenvalue weighted by Crippen LogP contribution is 2.31. The van der Waals surface area contributed by atoms with Gasteiger partial charge in [-0.2, -0.15) is 5.10 Å². The van der Waals surface area contributed by atoms with Gasteiger partial charge in [-0.25, -0.2) is 8.42 Å². The fourth-order valence-corrected chi connectivity index (χ4v) is 4.40. The van der Waals surface area contributed by atoms with Crippen LogP contribution >= 0.6 is 11.3 Å². The van der Waals surface area contributed by atoms with E-state index in [1.54, 1.807) is 42.6 Å². The topological polar surface area (TPSA) is 82.5 Å². The van der Waals surface area contributed by atoms with Crippen LogP contribution in [-0.2, 0) is 16.6 Å². The molecule has 2 heterocycles. The number of nitrogens with zero attached hydrogens (tertiary/aromatic N) is 2. The molecule has 0 spiro atoms. The number of sulfonamides is 1.